The Kier molecular flexibility index (Phi) is 4.60. The van der Waals surface area contributed by atoms with Gasteiger partial charge in [-0.2, -0.15) is 0 Å². The summed E-state index contributed by atoms with van der Waals surface area (Å²) >= 11 is 1.72. The van der Waals surface area contributed by atoms with Gasteiger partial charge in [0.25, 0.3) is 0 Å². The van der Waals surface area contributed by atoms with E-state index in [0.29, 0.717) is 19.0 Å². The van der Waals surface area contributed by atoms with Gasteiger partial charge in [-0.3, -0.25) is 4.98 Å². The van der Waals surface area contributed by atoms with Crippen molar-refractivity contribution < 1.29 is 4.74 Å². The lowest BCUT2D eigenvalue weighted by Crippen LogP contribution is -2.09. The molecule has 0 spiro atoms. The maximum atomic E-state index is 5.10. The van der Waals surface area contributed by atoms with Crippen LogP contribution in [-0.4, -0.2) is 35.2 Å². The van der Waals surface area contributed by atoms with E-state index < -0.39 is 0 Å². The van der Waals surface area contributed by atoms with Crippen LogP contribution in [0.5, 0.6) is 0 Å². The highest BCUT2D eigenvalue weighted by Crippen LogP contribution is 2.31. The molecule has 1 N–H and O–H groups in total. The summed E-state index contributed by atoms with van der Waals surface area (Å²) in [6.45, 7) is 3.50. The second-order valence-electron chi connectivity index (χ2n) is 4.84. The molecule has 0 unspecified atom stereocenters. The van der Waals surface area contributed by atoms with Crippen molar-refractivity contribution in [2.24, 2.45) is 0 Å². The minimum absolute atomic E-state index is 0.637. The molecule has 3 aromatic rings. The number of rotatable bonds is 6. The van der Waals surface area contributed by atoms with Crippen molar-refractivity contribution in [3.05, 3.63) is 35.5 Å². The zero-order chi connectivity index (χ0) is 15.4. The maximum Gasteiger partial charge on any atom is 0.164 e. The number of nitrogens with zero attached hydrogens (tertiary/aromatic N) is 3. The second kappa shape index (κ2) is 6.81. The molecular formula is C16H18N4OS. The Morgan fingerprint density at radius 3 is 2.95 bits per heavy atom. The van der Waals surface area contributed by atoms with Crippen molar-refractivity contribution >= 4 is 27.4 Å². The van der Waals surface area contributed by atoms with Gasteiger partial charge in [-0.15, -0.1) is 11.3 Å². The number of fused-ring (bicyclic) bond motifs is 1. The quantitative estimate of drug-likeness (QED) is 0.707. The monoisotopic (exact) mass is 314 g/mol. The number of hydrogen-bond donors (Lipinski definition) is 1. The smallest absolute Gasteiger partial charge is 0.164 e. The summed E-state index contributed by atoms with van der Waals surface area (Å²) in [7, 11) is 1.69. The molecule has 114 valence electrons. The van der Waals surface area contributed by atoms with Gasteiger partial charge in [0.2, 0.25) is 0 Å². The zero-order valence-electron chi connectivity index (χ0n) is 12.7. The van der Waals surface area contributed by atoms with Crippen molar-refractivity contribution in [1.82, 2.24) is 15.0 Å². The van der Waals surface area contributed by atoms with E-state index in [-0.39, 0.29) is 0 Å². The SMILES string of the molecule is CCc1cc2c(NCCOC)nc(-c3cccnc3)nc2s1. The molecule has 5 nitrogen and oxygen atoms in total. The Bertz CT molecular complexity index is 757. The molecule has 0 fully saturated rings. The average Bonchev–Trinajstić information content (AvgIpc) is 2.99. The molecule has 0 saturated carbocycles. The molecule has 0 bridgehead atoms. The molecule has 0 aliphatic rings. The zero-order valence-corrected chi connectivity index (χ0v) is 13.5. The van der Waals surface area contributed by atoms with E-state index in [1.807, 2.05) is 12.1 Å². The largest absolute Gasteiger partial charge is 0.383 e. The number of ether oxygens (including phenoxy) is 1. The molecule has 0 aliphatic carbocycles. The fraction of sp³-hybridized carbons (Fsp3) is 0.312. The van der Waals surface area contributed by atoms with Crippen LogP contribution in [0.1, 0.15) is 11.8 Å². The number of aromatic nitrogens is 3. The van der Waals surface area contributed by atoms with Gasteiger partial charge < -0.3 is 10.1 Å². The van der Waals surface area contributed by atoms with Crippen molar-refractivity contribution in [1.29, 1.82) is 0 Å². The molecule has 0 saturated heterocycles. The molecule has 0 radical (unpaired) electrons. The van der Waals surface area contributed by atoms with Crippen molar-refractivity contribution in [2.45, 2.75) is 13.3 Å². The topological polar surface area (TPSA) is 59.9 Å². The van der Waals surface area contributed by atoms with Gasteiger partial charge in [-0.25, -0.2) is 9.97 Å². The third kappa shape index (κ3) is 3.08. The molecule has 0 aromatic carbocycles. The third-order valence-corrected chi connectivity index (χ3v) is 4.48. The van der Waals surface area contributed by atoms with Gasteiger partial charge >= 0.3 is 0 Å². The van der Waals surface area contributed by atoms with Crippen LogP contribution in [0.3, 0.4) is 0 Å². The van der Waals surface area contributed by atoms with Crippen LogP contribution in [0, 0.1) is 0 Å². The van der Waals surface area contributed by atoms with Crippen LogP contribution in [0.4, 0.5) is 5.82 Å². The highest BCUT2D eigenvalue weighted by atomic mass is 32.1. The van der Waals surface area contributed by atoms with Gasteiger partial charge in [-0.1, -0.05) is 6.92 Å². The lowest BCUT2D eigenvalue weighted by Gasteiger charge is -2.08. The van der Waals surface area contributed by atoms with Crippen LogP contribution in [-0.2, 0) is 11.2 Å². The first-order valence-corrected chi connectivity index (χ1v) is 8.07. The summed E-state index contributed by atoms with van der Waals surface area (Å²) in [6, 6.07) is 6.04. The first kappa shape index (κ1) is 14.9. The number of aryl methyl sites for hydroxylation is 1. The first-order chi connectivity index (χ1) is 10.8. The van der Waals surface area contributed by atoms with E-state index in [0.717, 1.165) is 28.0 Å². The first-order valence-electron chi connectivity index (χ1n) is 7.25. The van der Waals surface area contributed by atoms with E-state index in [9.17, 15) is 0 Å². The molecule has 3 rings (SSSR count). The van der Waals surface area contributed by atoms with Crippen LogP contribution < -0.4 is 5.32 Å². The van der Waals surface area contributed by atoms with Crippen LogP contribution in [0.15, 0.2) is 30.6 Å². The van der Waals surface area contributed by atoms with Crippen LogP contribution in [0.2, 0.25) is 0 Å². The van der Waals surface area contributed by atoms with Gasteiger partial charge in [0.15, 0.2) is 5.82 Å². The standard InChI is InChI=1S/C16H18N4OS/c1-3-12-9-13-15(18-7-8-21-2)19-14(20-16(13)22-12)11-5-4-6-17-10-11/h4-6,9-10H,3,7-8H2,1-2H3,(H,18,19,20). The molecular weight excluding hydrogens is 296 g/mol. The van der Waals surface area contributed by atoms with Gasteiger partial charge in [0.1, 0.15) is 10.6 Å². The van der Waals surface area contributed by atoms with Crippen molar-refractivity contribution in [2.75, 3.05) is 25.6 Å². The van der Waals surface area contributed by atoms with Gasteiger partial charge in [0.05, 0.1) is 12.0 Å². The highest BCUT2D eigenvalue weighted by molar-refractivity contribution is 7.18. The van der Waals surface area contributed by atoms with E-state index >= 15 is 0 Å². The number of thiophene rings is 1. The summed E-state index contributed by atoms with van der Waals surface area (Å²) in [6.07, 6.45) is 4.54. The number of methoxy groups -OCH3 is 1. The lowest BCUT2D eigenvalue weighted by atomic mass is 10.2. The minimum atomic E-state index is 0.637. The summed E-state index contributed by atoms with van der Waals surface area (Å²) in [5, 5.41) is 4.42. The maximum absolute atomic E-state index is 5.10. The summed E-state index contributed by atoms with van der Waals surface area (Å²) < 4.78 is 5.10. The van der Waals surface area contributed by atoms with Gasteiger partial charge in [0, 0.05) is 36.5 Å². The summed E-state index contributed by atoms with van der Waals surface area (Å²) in [4.78, 5) is 15.8. The van der Waals surface area contributed by atoms with E-state index in [1.165, 1.54) is 4.88 Å². The Morgan fingerprint density at radius 2 is 2.23 bits per heavy atom. The van der Waals surface area contributed by atoms with Crippen LogP contribution >= 0.6 is 11.3 Å². The Morgan fingerprint density at radius 1 is 1.32 bits per heavy atom. The average molecular weight is 314 g/mol. The fourth-order valence-electron chi connectivity index (χ4n) is 2.18. The number of hydrogen-bond acceptors (Lipinski definition) is 6. The molecule has 0 amide bonds. The molecule has 3 aromatic heterocycles. The molecule has 22 heavy (non-hydrogen) atoms. The number of nitrogens with one attached hydrogen (secondary N) is 1. The molecule has 6 heteroatoms. The van der Waals surface area contributed by atoms with Crippen LogP contribution in [0.25, 0.3) is 21.6 Å². The predicted octanol–water partition coefficient (Wildman–Crippen LogP) is 3.37. The van der Waals surface area contributed by atoms with E-state index in [4.69, 9.17) is 9.72 Å². The van der Waals surface area contributed by atoms with E-state index in [2.05, 4.69) is 28.3 Å². The Balaban J connectivity index is 2.06. The predicted molar refractivity (Wildman–Crippen MR) is 90.4 cm³/mol. The minimum Gasteiger partial charge on any atom is -0.383 e. The van der Waals surface area contributed by atoms with E-state index in [1.54, 1.807) is 30.8 Å². The number of pyridine rings is 1. The lowest BCUT2D eigenvalue weighted by molar-refractivity contribution is 0.210. The molecule has 3 heterocycles. The normalized spacial score (nSPS) is 11.0. The number of anilines is 1. The van der Waals surface area contributed by atoms with Crippen molar-refractivity contribution in [3.63, 3.8) is 0 Å². The van der Waals surface area contributed by atoms with Gasteiger partial charge in [-0.05, 0) is 24.6 Å². The highest BCUT2D eigenvalue weighted by Gasteiger charge is 2.12. The molecule has 0 aliphatic heterocycles. The second-order valence-corrected chi connectivity index (χ2v) is 5.96. The Hall–Kier alpha value is -2.05. The summed E-state index contributed by atoms with van der Waals surface area (Å²) in [5.41, 5.74) is 0.922. The summed E-state index contributed by atoms with van der Waals surface area (Å²) in [5.74, 6) is 1.56. The molecule has 0 atom stereocenters. The van der Waals surface area contributed by atoms with Crippen molar-refractivity contribution in [3.8, 4) is 11.4 Å². The fourth-order valence-corrected chi connectivity index (χ4v) is 3.14. The third-order valence-electron chi connectivity index (χ3n) is 3.31. The Labute approximate surface area is 133 Å².